The first-order valence-corrected chi connectivity index (χ1v) is 3.53. The van der Waals surface area contributed by atoms with E-state index < -0.39 is 5.82 Å². The second-order valence-corrected chi connectivity index (χ2v) is 2.64. The summed E-state index contributed by atoms with van der Waals surface area (Å²) in [6.07, 6.45) is 0. The van der Waals surface area contributed by atoms with Crippen molar-refractivity contribution < 1.29 is 4.39 Å². The van der Waals surface area contributed by atoms with Crippen molar-refractivity contribution in [2.45, 2.75) is 0 Å². The van der Waals surface area contributed by atoms with Crippen molar-refractivity contribution in [3.63, 3.8) is 0 Å². The molecule has 0 fully saturated rings. The molecule has 62 valence electrons. The van der Waals surface area contributed by atoms with Crippen LogP contribution in [0, 0.1) is 5.82 Å². The lowest BCUT2D eigenvalue weighted by Crippen LogP contribution is -2.11. The van der Waals surface area contributed by atoms with Gasteiger partial charge in [-0.05, 0) is 12.1 Å². The molecule has 0 aliphatic rings. The first-order valence-electron chi connectivity index (χ1n) is 3.53. The van der Waals surface area contributed by atoms with E-state index >= 15 is 0 Å². The van der Waals surface area contributed by atoms with Gasteiger partial charge in [0.05, 0.1) is 5.52 Å². The van der Waals surface area contributed by atoms with E-state index in [2.05, 4.69) is 5.10 Å². The Bertz CT molecular complexity index is 483. The van der Waals surface area contributed by atoms with E-state index in [1.54, 1.807) is 19.2 Å². The summed E-state index contributed by atoms with van der Waals surface area (Å²) in [5.41, 5.74) is 0.200. The number of hydrogen-bond donors (Lipinski definition) is 1. The van der Waals surface area contributed by atoms with Crippen LogP contribution in [0.3, 0.4) is 0 Å². The molecule has 3 nitrogen and oxygen atoms in total. The highest BCUT2D eigenvalue weighted by molar-refractivity contribution is 5.78. The van der Waals surface area contributed by atoms with Gasteiger partial charge in [0.2, 0.25) is 0 Å². The molecule has 1 heterocycles. The largest absolute Gasteiger partial charge is 0.295 e. The highest BCUT2D eigenvalue weighted by Gasteiger charge is 2.07. The Kier molecular flexibility index (Phi) is 1.30. The lowest BCUT2D eigenvalue weighted by Gasteiger charge is -1.86. The second kappa shape index (κ2) is 2.20. The number of halogens is 1. The van der Waals surface area contributed by atoms with Crippen molar-refractivity contribution >= 4 is 10.9 Å². The standard InChI is InChI=1S/C8H7FN2O/c1-11-8(12)7-5(9)3-2-4-6(7)10-11/h2-4,10H,1H3. The van der Waals surface area contributed by atoms with E-state index in [0.29, 0.717) is 5.52 Å². The second-order valence-electron chi connectivity index (χ2n) is 2.64. The van der Waals surface area contributed by atoms with Crippen LogP contribution >= 0.6 is 0 Å². The van der Waals surface area contributed by atoms with Gasteiger partial charge in [0.25, 0.3) is 5.56 Å². The zero-order valence-electron chi connectivity index (χ0n) is 6.47. The lowest BCUT2D eigenvalue weighted by molar-refractivity contribution is 0.638. The van der Waals surface area contributed by atoms with Gasteiger partial charge in [-0.25, -0.2) is 4.39 Å². The van der Waals surface area contributed by atoms with Gasteiger partial charge >= 0.3 is 0 Å². The zero-order valence-corrected chi connectivity index (χ0v) is 6.47. The van der Waals surface area contributed by atoms with E-state index in [0.717, 1.165) is 0 Å². The van der Waals surface area contributed by atoms with Crippen molar-refractivity contribution in [2.75, 3.05) is 0 Å². The Morgan fingerprint density at radius 2 is 2.25 bits per heavy atom. The quantitative estimate of drug-likeness (QED) is 0.623. The van der Waals surface area contributed by atoms with Crippen molar-refractivity contribution in [3.8, 4) is 0 Å². The van der Waals surface area contributed by atoms with Crippen LogP contribution in [0.25, 0.3) is 10.9 Å². The molecular weight excluding hydrogens is 159 g/mol. The molecule has 0 amide bonds. The maximum Gasteiger partial charge on any atom is 0.277 e. The minimum Gasteiger partial charge on any atom is -0.295 e. The minimum atomic E-state index is -0.477. The van der Waals surface area contributed by atoms with E-state index in [1.165, 1.54) is 10.7 Å². The molecule has 4 heteroatoms. The summed E-state index contributed by atoms with van der Waals surface area (Å²) < 4.78 is 14.3. The van der Waals surface area contributed by atoms with Crippen LogP contribution in [0.15, 0.2) is 23.0 Å². The Morgan fingerprint density at radius 1 is 1.50 bits per heavy atom. The van der Waals surface area contributed by atoms with Crippen LogP contribution < -0.4 is 5.56 Å². The van der Waals surface area contributed by atoms with Crippen molar-refractivity contribution in [3.05, 3.63) is 34.4 Å². The third-order valence-electron chi connectivity index (χ3n) is 1.82. The van der Waals surface area contributed by atoms with E-state index in [9.17, 15) is 9.18 Å². The number of H-pyrrole nitrogens is 1. The first kappa shape index (κ1) is 7.09. The molecule has 2 rings (SSSR count). The van der Waals surface area contributed by atoms with Gasteiger partial charge in [-0.15, -0.1) is 0 Å². The highest BCUT2D eigenvalue weighted by atomic mass is 19.1. The summed E-state index contributed by atoms with van der Waals surface area (Å²) in [6, 6.07) is 4.50. The number of rotatable bonds is 0. The molecule has 0 saturated carbocycles. The number of aromatic nitrogens is 2. The number of aromatic amines is 1. The van der Waals surface area contributed by atoms with Crippen LogP contribution in [-0.4, -0.2) is 9.78 Å². The molecule has 2 aromatic rings. The molecule has 0 aliphatic carbocycles. The number of fused-ring (bicyclic) bond motifs is 1. The Hall–Kier alpha value is -1.58. The fourth-order valence-electron chi connectivity index (χ4n) is 1.23. The Labute approximate surface area is 67.4 Å². The fourth-order valence-corrected chi connectivity index (χ4v) is 1.23. The van der Waals surface area contributed by atoms with Crippen LogP contribution in [0.2, 0.25) is 0 Å². The summed E-state index contributed by atoms with van der Waals surface area (Å²) in [5, 5.41) is 2.86. The van der Waals surface area contributed by atoms with Gasteiger partial charge in [0.15, 0.2) is 0 Å². The van der Waals surface area contributed by atoms with Gasteiger partial charge in [-0.1, -0.05) is 6.07 Å². The summed E-state index contributed by atoms with van der Waals surface area (Å²) in [6.45, 7) is 0. The van der Waals surface area contributed by atoms with Crippen molar-refractivity contribution in [1.29, 1.82) is 0 Å². The number of nitrogens with one attached hydrogen (secondary N) is 1. The molecule has 1 aromatic carbocycles. The van der Waals surface area contributed by atoms with Crippen LogP contribution in [0.5, 0.6) is 0 Å². The molecule has 0 bridgehead atoms. The van der Waals surface area contributed by atoms with Gasteiger partial charge in [-0.2, -0.15) is 0 Å². The maximum absolute atomic E-state index is 13.0. The SMILES string of the molecule is Cn1[nH]c2cccc(F)c2c1=O. The third kappa shape index (κ3) is 0.777. The lowest BCUT2D eigenvalue weighted by atomic mass is 10.2. The molecule has 1 aromatic heterocycles. The molecule has 0 unspecified atom stereocenters. The number of aryl methyl sites for hydroxylation is 1. The molecular formula is C8H7FN2O. The van der Waals surface area contributed by atoms with Crippen molar-refractivity contribution in [1.82, 2.24) is 9.78 Å². The van der Waals surface area contributed by atoms with Gasteiger partial charge in [0, 0.05) is 7.05 Å². The summed E-state index contributed by atoms with van der Waals surface area (Å²) in [5.74, 6) is -0.477. The Balaban J connectivity index is 3.07. The van der Waals surface area contributed by atoms with Crippen LogP contribution in [-0.2, 0) is 7.05 Å². The molecule has 0 aliphatic heterocycles. The molecule has 0 saturated heterocycles. The van der Waals surface area contributed by atoms with E-state index in [4.69, 9.17) is 0 Å². The fraction of sp³-hybridized carbons (Fsp3) is 0.125. The Morgan fingerprint density at radius 3 is 2.92 bits per heavy atom. The van der Waals surface area contributed by atoms with E-state index in [-0.39, 0.29) is 10.9 Å². The first-order chi connectivity index (χ1) is 5.70. The van der Waals surface area contributed by atoms with Gasteiger partial charge in [-0.3, -0.25) is 14.6 Å². The predicted octanol–water partition coefficient (Wildman–Crippen LogP) is 1.01. The molecule has 1 N–H and O–H groups in total. The monoisotopic (exact) mass is 166 g/mol. The number of nitrogens with zero attached hydrogens (tertiary/aromatic N) is 1. The molecule has 0 atom stereocenters. The maximum atomic E-state index is 13.0. The van der Waals surface area contributed by atoms with Gasteiger partial charge < -0.3 is 0 Å². The van der Waals surface area contributed by atoms with Crippen LogP contribution in [0.4, 0.5) is 4.39 Å². The summed E-state index contributed by atoms with van der Waals surface area (Å²) >= 11 is 0. The van der Waals surface area contributed by atoms with E-state index in [1.807, 2.05) is 0 Å². The highest BCUT2D eigenvalue weighted by Crippen LogP contribution is 2.10. The smallest absolute Gasteiger partial charge is 0.277 e. The minimum absolute atomic E-state index is 0.125. The normalized spacial score (nSPS) is 10.8. The van der Waals surface area contributed by atoms with Crippen molar-refractivity contribution in [2.24, 2.45) is 7.05 Å². The molecule has 0 radical (unpaired) electrons. The predicted molar refractivity (Wildman–Crippen MR) is 43.5 cm³/mol. The van der Waals surface area contributed by atoms with Crippen LogP contribution in [0.1, 0.15) is 0 Å². The number of benzene rings is 1. The van der Waals surface area contributed by atoms with Gasteiger partial charge in [0.1, 0.15) is 11.2 Å². The summed E-state index contributed by atoms with van der Waals surface area (Å²) in [4.78, 5) is 11.2. The topological polar surface area (TPSA) is 37.8 Å². The number of hydrogen-bond acceptors (Lipinski definition) is 1. The average Bonchev–Trinajstić information content (AvgIpc) is 2.29. The average molecular weight is 166 g/mol. The summed E-state index contributed by atoms with van der Waals surface area (Å²) in [7, 11) is 1.56. The molecule has 12 heavy (non-hydrogen) atoms. The molecule has 0 spiro atoms. The zero-order chi connectivity index (χ0) is 8.72. The third-order valence-corrected chi connectivity index (χ3v) is 1.82.